The maximum atomic E-state index is 13.3. The van der Waals surface area contributed by atoms with Gasteiger partial charge in [0.05, 0.1) is 12.8 Å². The average Bonchev–Trinajstić information content (AvgIpc) is 2.41. The van der Waals surface area contributed by atoms with Crippen LogP contribution >= 0.6 is 0 Å². The molecule has 0 atom stereocenters. The predicted octanol–water partition coefficient (Wildman–Crippen LogP) is 0.982. The van der Waals surface area contributed by atoms with Crippen molar-refractivity contribution in [2.45, 2.75) is 0 Å². The summed E-state index contributed by atoms with van der Waals surface area (Å²) in [4.78, 5) is 22.9. The minimum Gasteiger partial charge on any atom is -0.464 e. The highest BCUT2D eigenvalue weighted by Gasteiger charge is 2.21. The van der Waals surface area contributed by atoms with E-state index in [9.17, 15) is 14.0 Å². The Bertz CT molecular complexity index is 502. The van der Waals surface area contributed by atoms with Crippen LogP contribution in [0.25, 0.3) is 0 Å². The zero-order chi connectivity index (χ0) is 14.3. The highest BCUT2D eigenvalue weighted by atomic mass is 19.1. The lowest BCUT2D eigenvalue weighted by Gasteiger charge is -2.05. The number of Topliss-reactive ketones (excluding diaryl/α,β-unsaturated/α-hetero) is 1. The summed E-state index contributed by atoms with van der Waals surface area (Å²) < 4.78 is 22.3. The Balaban J connectivity index is 2.92. The first-order chi connectivity index (χ1) is 9.10. The van der Waals surface area contributed by atoms with Crippen LogP contribution in [0, 0.1) is 5.82 Å². The second-order valence-corrected chi connectivity index (χ2v) is 3.40. The fourth-order valence-electron chi connectivity index (χ4n) is 1.19. The van der Waals surface area contributed by atoms with Gasteiger partial charge in [-0.3, -0.25) is 10.2 Å². The van der Waals surface area contributed by atoms with Gasteiger partial charge in [0.25, 0.3) is 0 Å². The number of methoxy groups -OCH3 is 2. The number of hydrazone groups is 1. The van der Waals surface area contributed by atoms with Gasteiger partial charge in [-0.2, -0.15) is 5.10 Å². The molecule has 1 N–H and O–H groups in total. The number of ether oxygens (including phenoxy) is 2. The Labute approximate surface area is 109 Å². The molecule has 19 heavy (non-hydrogen) atoms. The molecule has 6 nitrogen and oxygen atoms in total. The van der Waals surface area contributed by atoms with E-state index in [1.54, 1.807) is 6.07 Å². The van der Waals surface area contributed by atoms with E-state index < -0.39 is 23.3 Å². The van der Waals surface area contributed by atoms with E-state index in [4.69, 9.17) is 0 Å². The molecule has 1 aromatic carbocycles. The number of hydrogen-bond acceptors (Lipinski definition) is 6. The number of nitrogens with one attached hydrogen (secondary N) is 1. The normalized spacial score (nSPS) is 11.0. The summed E-state index contributed by atoms with van der Waals surface area (Å²) in [5, 5.41) is 3.57. The fourth-order valence-corrected chi connectivity index (χ4v) is 1.19. The molecule has 102 valence electrons. The molecule has 1 rings (SSSR count). The van der Waals surface area contributed by atoms with Crippen molar-refractivity contribution < 1.29 is 23.5 Å². The molecule has 0 heterocycles. The largest absolute Gasteiger partial charge is 0.464 e. The monoisotopic (exact) mass is 268 g/mol. The molecule has 0 aliphatic heterocycles. The Kier molecular flexibility index (Phi) is 5.62. The summed E-state index contributed by atoms with van der Waals surface area (Å²) in [6, 6.07) is 5.71. The van der Waals surface area contributed by atoms with Crippen molar-refractivity contribution in [3.05, 3.63) is 30.1 Å². The first kappa shape index (κ1) is 14.8. The van der Waals surface area contributed by atoms with Gasteiger partial charge >= 0.3 is 5.97 Å². The quantitative estimate of drug-likeness (QED) is 0.360. The lowest BCUT2D eigenvalue weighted by molar-refractivity contribution is -0.133. The Hall–Kier alpha value is -2.28. The van der Waals surface area contributed by atoms with E-state index in [-0.39, 0.29) is 12.3 Å². The van der Waals surface area contributed by atoms with Gasteiger partial charge in [0.15, 0.2) is 0 Å². The van der Waals surface area contributed by atoms with E-state index in [1.165, 1.54) is 25.3 Å². The molecule has 0 unspecified atom stereocenters. The van der Waals surface area contributed by atoms with Crippen LogP contribution in [0.2, 0.25) is 0 Å². The Morgan fingerprint density at radius 3 is 2.58 bits per heavy atom. The van der Waals surface area contributed by atoms with E-state index in [2.05, 4.69) is 20.0 Å². The van der Waals surface area contributed by atoms with E-state index in [0.29, 0.717) is 0 Å². The number of rotatable bonds is 6. The van der Waals surface area contributed by atoms with Crippen LogP contribution in [0.1, 0.15) is 0 Å². The van der Waals surface area contributed by atoms with Crippen molar-refractivity contribution in [2.24, 2.45) is 5.10 Å². The van der Waals surface area contributed by atoms with E-state index in [1.807, 2.05) is 0 Å². The smallest absolute Gasteiger partial charge is 0.362 e. The molecule has 0 spiro atoms. The SMILES string of the molecule is COCC(=O)/C(=N\Nc1ccccc1F)C(=O)OC. The number of hydrogen-bond donors (Lipinski definition) is 1. The van der Waals surface area contributed by atoms with Crippen molar-refractivity contribution in [3.63, 3.8) is 0 Å². The zero-order valence-corrected chi connectivity index (χ0v) is 10.5. The molecule has 0 saturated heterocycles. The van der Waals surface area contributed by atoms with Gasteiger partial charge in [-0.05, 0) is 12.1 Å². The zero-order valence-electron chi connectivity index (χ0n) is 10.5. The van der Waals surface area contributed by atoms with Crippen molar-refractivity contribution >= 4 is 23.2 Å². The summed E-state index contributed by atoms with van der Waals surface area (Å²) in [6.45, 7) is -0.327. The molecule has 1 aromatic rings. The van der Waals surface area contributed by atoms with Crippen LogP contribution < -0.4 is 5.43 Å². The number of para-hydroxylation sites is 1. The van der Waals surface area contributed by atoms with Gasteiger partial charge in [-0.1, -0.05) is 12.1 Å². The summed E-state index contributed by atoms with van der Waals surface area (Å²) in [6.07, 6.45) is 0. The average molecular weight is 268 g/mol. The van der Waals surface area contributed by atoms with Crippen molar-refractivity contribution in [2.75, 3.05) is 26.3 Å². The first-order valence-corrected chi connectivity index (χ1v) is 5.28. The molecule has 0 aliphatic rings. The number of carbonyl (C=O) groups is 2. The molecule has 0 saturated carbocycles. The third-order valence-electron chi connectivity index (χ3n) is 2.08. The van der Waals surface area contributed by atoms with Crippen LogP contribution in [0.15, 0.2) is 29.4 Å². The number of esters is 1. The Morgan fingerprint density at radius 1 is 1.32 bits per heavy atom. The second-order valence-electron chi connectivity index (χ2n) is 3.40. The van der Waals surface area contributed by atoms with Gasteiger partial charge in [-0.15, -0.1) is 0 Å². The number of benzene rings is 1. The van der Waals surface area contributed by atoms with Crippen molar-refractivity contribution in [1.82, 2.24) is 0 Å². The molecule has 0 radical (unpaired) electrons. The third-order valence-corrected chi connectivity index (χ3v) is 2.08. The maximum absolute atomic E-state index is 13.3. The highest BCUT2D eigenvalue weighted by Crippen LogP contribution is 2.12. The minimum atomic E-state index is -0.925. The molecule has 0 fully saturated rings. The van der Waals surface area contributed by atoms with Crippen LogP contribution in [-0.4, -0.2) is 38.3 Å². The van der Waals surface area contributed by atoms with Crippen molar-refractivity contribution in [1.29, 1.82) is 0 Å². The topological polar surface area (TPSA) is 77.0 Å². The lowest BCUT2D eigenvalue weighted by Crippen LogP contribution is -2.29. The van der Waals surface area contributed by atoms with Gasteiger partial charge < -0.3 is 9.47 Å². The van der Waals surface area contributed by atoms with Crippen molar-refractivity contribution in [3.8, 4) is 0 Å². The van der Waals surface area contributed by atoms with Crippen LogP contribution in [0.4, 0.5) is 10.1 Å². The minimum absolute atomic E-state index is 0.0362. The second kappa shape index (κ2) is 7.22. The van der Waals surface area contributed by atoms with Gasteiger partial charge in [-0.25, -0.2) is 9.18 Å². The van der Waals surface area contributed by atoms with Crippen LogP contribution in [0.3, 0.4) is 0 Å². The van der Waals surface area contributed by atoms with Gasteiger partial charge in [0, 0.05) is 7.11 Å². The summed E-state index contributed by atoms with van der Waals surface area (Å²) in [5.41, 5.74) is 1.85. The molecule has 7 heteroatoms. The van der Waals surface area contributed by atoms with Gasteiger partial charge in [0.1, 0.15) is 12.4 Å². The number of ketones is 1. The first-order valence-electron chi connectivity index (χ1n) is 5.28. The third kappa shape index (κ3) is 4.14. The molecule has 0 bridgehead atoms. The van der Waals surface area contributed by atoms with Crippen LogP contribution in [0.5, 0.6) is 0 Å². The maximum Gasteiger partial charge on any atom is 0.362 e. The molecule has 0 aromatic heterocycles. The number of nitrogens with zero attached hydrogens (tertiary/aromatic N) is 1. The predicted molar refractivity (Wildman–Crippen MR) is 66.4 cm³/mol. The number of halogens is 1. The van der Waals surface area contributed by atoms with E-state index in [0.717, 1.165) is 7.11 Å². The van der Waals surface area contributed by atoms with E-state index >= 15 is 0 Å². The standard InChI is InChI=1S/C12H13FN2O4/c1-18-7-10(16)11(12(17)19-2)15-14-9-6-4-3-5-8(9)13/h3-6,14H,7H2,1-2H3/b15-11+. The number of carbonyl (C=O) groups excluding carboxylic acids is 2. The fraction of sp³-hybridized carbons (Fsp3) is 0.250. The lowest BCUT2D eigenvalue weighted by atomic mass is 10.2. The Morgan fingerprint density at radius 2 is 2.00 bits per heavy atom. The molecular formula is C12H13FN2O4. The van der Waals surface area contributed by atoms with Gasteiger partial charge in [0.2, 0.25) is 11.5 Å². The molecule has 0 aliphatic carbocycles. The van der Waals surface area contributed by atoms with Crippen LogP contribution in [-0.2, 0) is 19.1 Å². The molecular weight excluding hydrogens is 255 g/mol. The summed E-state index contributed by atoms with van der Waals surface area (Å²) in [7, 11) is 2.41. The molecule has 0 amide bonds. The highest BCUT2D eigenvalue weighted by molar-refractivity contribution is 6.64. The summed E-state index contributed by atoms with van der Waals surface area (Å²) in [5.74, 6) is -2.15. The number of anilines is 1. The summed E-state index contributed by atoms with van der Waals surface area (Å²) >= 11 is 0.